The minimum Gasteiger partial charge on any atom is -0.497 e. The van der Waals surface area contributed by atoms with E-state index in [1.54, 1.807) is 26.4 Å². The first-order chi connectivity index (χ1) is 14.1. The number of hydrogen-bond donors (Lipinski definition) is 0. The molecule has 0 aliphatic carbocycles. The molecule has 0 saturated carbocycles. The van der Waals surface area contributed by atoms with Gasteiger partial charge in [-0.05, 0) is 30.2 Å². The fourth-order valence-corrected chi connectivity index (χ4v) is 3.41. The third kappa shape index (κ3) is 4.32. The van der Waals surface area contributed by atoms with E-state index in [4.69, 9.17) is 9.47 Å². The molecule has 0 N–H and O–H groups in total. The highest BCUT2D eigenvalue weighted by atomic mass is 16.5. The van der Waals surface area contributed by atoms with E-state index >= 15 is 0 Å². The highest BCUT2D eigenvalue weighted by Crippen LogP contribution is 2.33. The second-order valence-electron chi connectivity index (χ2n) is 6.71. The van der Waals surface area contributed by atoms with Crippen LogP contribution in [0.25, 0.3) is 5.57 Å². The molecule has 2 amide bonds. The predicted molar refractivity (Wildman–Crippen MR) is 111 cm³/mol. The average molecular weight is 394 g/mol. The zero-order chi connectivity index (χ0) is 20.8. The van der Waals surface area contributed by atoms with Crippen LogP contribution in [-0.2, 0) is 20.9 Å². The summed E-state index contributed by atoms with van der Waals surface area (Å²) in [5.74, 6) is 0.120. The standard InChI is InChI=1S/C23H26N2O4/c1-4-24(16-17-8-6-5-7-9-17)21-20(18-10-12-19(29-3)13-11-18)22(26)25(23(21)27)14-15-28-2/h5-13H,4,14-16H2,1-3H3. The summed E-state index contributed by atoms with van der Waals surface area (Å²) in [5.41, 5.74) is 2.63. The molecule has 6 nitrogen and oxygen atoms in total. The molecule has 1 heterocycles. The van der Waals surface area contributed by atoms with Crippen LogP contribution in [0.4, 0.5) is 0 Å². The highest BCUT2D eigenvalue weighted by molar-refractivity contribution is 6.35. The molecule has 152 valence electrons. The number of amides is 2. The van der Waals surface area contributed by atoms with Crippen molar-refractivity contribution in [3.05, 3.63) is 71.4 Å². The van der Waals surface area contributed by atoms with Crippen LogP contribution in [0.5, 0.6) is 5.75 Å². The Morgan fingerprint density at radius 3 is 2.21 bits per heavy atom. The molecular weight excluding hydrogens is 368 g/mol. The van der Waals surface area contributed by atoms with Crippen molar-refractivity contribution in [1.82, 2.24) is 9.80 Å². The molecule has 29 heavy (non-hydrogen) atoms. The zero-order valence-electron chi connectivity index (χ0n) is 17.1. The SMILES string of the molecule is CCN(Cc1ccccc1)C1=C(c2ccc(OC)cc2)C(=O)N(CCOC)C1=O. The molecule has 0 unspecified atom stereocenters. The smallest absolute Gasteiger partial charge is 0.277 e. The lowest BCUT2D eigenvalue weighted by Gasteiger charge is -2.25. The Morgan fingerprint density at radius 1 is 0.931 bits per heavy atom. The number of rotatable bonds is 9. The molecular formula is C23H26N2O4. The van der Waals surface area contributed by atoms with Gasteiger partial charge in [0.15, 0.2) is 0 Å². The van der Waals surface area contributed by atoms with E-state index in [2.05, 4.69) is 0 Å². The Hall–Kier alpha value is -3.12. The molecule has 0 saturated heterocycles. The predicted octanol–water partition coefficient (Wildman–Crippen LogP) is 2.94. The van der Waals surface area contributed by atoms with Gasteiger partial charge in [0.05, 0.1) is 25.8 Å². The minimum atomic E-state index is -0.293. The molecule has 1 aliphatic rings. The summed E-state index contributed by atoms with van der Waals surface area (Å²) >= 11 is 0. The Labute approximate surface area is 171 Å². The molecule has 0 radical (unpaired) electrons. The number of carbonyl (C=O) groups is 2. The fourth-order valence-electron chi connectivity index (χ4n) is 3.41. The van der Waals surface area contributed by atoms with E-state index < -0.39 is 0 Å². The number of nitrogens with zero attached hydrogens (tertiary/aromatic N) is 2. The highest BCUT2D eigenvalue weighted by Gasteiger charge is 2.41. The van der Waals surface area contributed by atoms with Gasteiger partial charge in [-0.2, -0.15) is 0 Å². The van der Waals surface area contributed by atoms with Gasteiger partial charge in [-0.25, -0.2) is 0 Å². The van der Waals surface area contributed by atoms with Crippen LogP contribution in [0.2, 0.25) is 0 Å². The van der Waals surface area contributed by atoms with Crippen molar-refractivity contribution in [3.63, 3.8) is 0 Å². The summed E-state index contributed by atoms with van der Waals surface area (Å²) in [6.45, 7) is 3.65. The van der Waals surface area contributed by atoms with Gasteiger partial charge in [0.1, 0.15) is 11.4 Å². The van der Waals surface area contributed by atoms with Crippen LogP contribution in [0.1, 0.15) is 18.1 Å². The van der Waals surface area contributed by atoms with E-state index in [1.165, 1.54) is 4.90 Å². The van der Waals surface area contributed by atoms with E-state index in [0.29, 0.717) is 42.3 Å². The third-order valence-electron chi connectivity index (χ3n) is 4.96. The first-order valence-electron chi connectivity index (χ1n) is 9.63. The first-order valence-corrected chi connectivity index (χ1v) is 9.63. The summed E-state index contributed by atoms with van der Waals surface area (Å²) in [4.78, 5) is 29.7. The van der Waals surface area contributed by atoms with Crippen molar-refractivity contribution in [1.29, 1.82) is 0 Å². The van der Waals surface area contributed by atoms with Gasteiger partial charge in [0.2, 0.25) is 0 Å². The molecule has 0 bridgehead atoms. The van der Waals surface area contributed by atoms with Gasteiger partial charge in [-0.3, -0.25) is 14.5 Å². The van der Waals surface area contributed by atoms with E-state index in [1.807, 2.05) is 54.3 Å². The van der Waals surface area contributed by atoms with Crippen LogP contribution in [-0.4, -0.2) is 55.5 Å². The molecule has 0 atom stereocenters. The van der Waals surface area contributed by atoms with E-state index in [0.717, 1.165) is 5.56 Å². The van der Waals surface area contributed by atoms with Crippen molar-refractivity contribution < 1.29 is 19.1 Å². The Balaban J connectivity index is 2.04. The average Bonchev–Trinajstić information content (AvgIpc) is 3.01. The molecule has 2 aromatic rings. The quantitative estimate of drug-likeness (QED) is 0.612. The van der Waals surface area contributed by atoms with Gasteiger partial charge in [-0.1, -0.05) is 42.5 Å². The van der Waals surface area contributed by atoms with Crippen molar-refractivity contribution in [2.45, 2.75) is 13.5 Å². The van der Waals surface area contributed by atoms with Crippen LogP contribution in [0, 0.1) is 0 Å². The number of carbonyl (C=O) groups excluding carboxylic acids is 2. The molecule has 0 aromatic heterocycles. The maximum absolute atomic E-state index is 13.2. The number of ether oxygens (including phenoxy) is 2. The normalized spacial score (nSPS) is 14.0. The molecule has 1 aliphatic heterocycles. The van der Waals surface area contributed by atoms with Crippen LogP contribution < -0.4 is 4.74 Å². The minimum absolute atomic E-state index is 0.222. The molecule has 6 heteroatoms. The molecule has 2 aromatic carbocycles. The molecule has 3 rings (SSSR count). The third-order valence-corrected chi connectivity index (χ3v) is 4.96. The molecule has 0 fully saturated rings. The number of likely N-dealkylation sites (N-methyl/N-ethyl adjacent to an activating group) is 1. The van der Waals surface area contributed by atoms with Crippen molar-refractivity contribution in [2.75, 3.05) is 33.9 Å². The number of imide groups is 1. The Morgan fingerprint density at radius 2 is 1.62 bits per heavy atom. The van der Waals surface area contributed by atoms with Crippen LogP contribution in [0.3, 0.4) is 0 Å². The van der Waals surface area contributed by atoms with E-state index in [9.17, 15) is 9.59 Å². The summed E-state index contributed by atoms with van der Waals surface area (Å²) < 4.78 is 10.3. The number of hydrogen-bond acceptors (Lipinski definition) is 5. The van der Waals surface area contributed by atoms with Gasteiger partial charge in [0, 0.05) is 20.2 Å². The fraction of sp³-hybridized carbons (Fsp3) is 0.304. The largest absolute Gasteiger partial charge is 0.497 e. The summed E-state index contributed by atoms with van der Waals surface area (Å²) in [5, 5.41) is 0. The van der Waals surface area contributed by atoms with Crippen LogP contribution >= 0.6 is 0 Å². The van der Waals surface area contributed by atoms with E-state index in [-0.39, 0.29) is 18.4 Å². The van der Waals surface area contributed by atoms with Gasteiger partial charge in [-0.15, -0.1) is 0 Å². The van der Waals surface area contributed by atoms with Crippen molar-refractivity contribution in [2.24, 2.45) is 0 Å². The number of methoxy groups -OCH3 is 2. The second kappa shape index (κ2) is 9.39. The maximum atomic E-state index is 13.2. The topological polar surface area (TPSA) is 59.1 Å². The van der Waals surface area contributed by atoms with Gasteiger partial charge < -0.3 is 14.4 Å². The molecule has 0 spiro atoms. The lowest BCUT2D eigenvalue weighted by Crippen LogP contribution is -2.37. The lowest BCUT2D eigenvalue weighted by atomic mass is 10.0. The summed E-state index contributed by atoms with van der Waals surface area (Å²) in [7, 11) is 3.15. The van der Waals surface area contributed by atoms with Crippen molar-refractivity contribution in [3.8, 4) is 5.75 Å². The van der Waals surface area contributed by atoms with Crippen molar-refractivity contribution >= 4 is 17.4 Å². The lowest BCUT2D eigenvalue weighted by molar-refractivity contribution is -0.138. The maximum Gasteiger partial charge on any atom is 0.277 e. The summed E-state index contributed by atoms with van der Waals surface area (Å²) in [6, 6.07) is 17.1. The second-order valence-corrected chi connectivity index (χ2v) is 6.71. The zero-order valence-corrected chi connectivity index (χ0v) is 17.1. The monoisotopic (exact) mass is 394 g/mol. The Bertz CT molecular complexity index is 891. The van der Waals surface area contributed by atoms with Crippen LogP contribution in [0.15, 0.2) is 60.3 Å². The Kier molecular flexibility index (Phi) is 6.67. The van der Waals surface area contributed by atoms with Gasteiger partial charge in [0.25, 0.3) is 11.8 Å². The summed E-state index contributed by atoms with van der Waals surface area (Å²) in [6.07, 6.45) is 0. The van der Waals surface area contributed by atoms with Gasteiger partial charge >= 0.3 is 0 Å². The number of benzene rings is 2. The first kappa shape index (κ1) is 20.6.